The first-order chi connectivity index (χ1) is 7.67. The van der Waals surface area contributed by atoms with Crippen LogP contribution >= 0.6 is 11.8 Å². The molecule has 0 aliphatic heterocycles. The highest BCUT2D eigenvalue weighted by Gasteiger charge is 2.04. The molecule has 1 rings (SSSR count). The average Bonchev–Trinajstić information content (AvgIpc) is 2.28. The van der Waals surface area contributed by atoms with Crippen LogP contribution in [0.25, 0.3) is 0 Å². The van der Waals surface area contributed by atoms with Gasteiger partial charge in [0.1, 0.15) is 5.75 Å². The summed E-state index contributed by atoms with van der Waals surface area (Å²) < 4.78 is 5.23. The first-order valence-electron chi connectivity index (χ1n) is 5.67. The van der Waals surface area contributed by atoms with E-state index in [0.29, 0.717) is 6.54 Å². The van der Waals surface area contributed by atoms with Crippen LogP contribution in [0.2, 0.25) is 0 Å². The lowest BCUT2D eigenvalue weighted by molar-refractivity contribution is 0.413. The molecule has 0 spiro atoms. The third-order valence-corrected chi connectivity index (χ3v) is 3.58. The zero-order valence-electron chi connectivity index (χ0n) is 10.3. The predicted octanol–water partition coefficient (Wildman–Crippen LogP) is 3.29. The maximum absolute atomic E-state index is 5.72. The number of benzene rings is 1. The Kier molecular flexibility index (Phi) is 5.71. The van der Waals surface area contributed by atoms with Crippen molar-refractivity contribution in [3.05, 3.63) is 23.8 Å². The minimum atomic E-state index is 0.591. The molecular formula is C13H21NOS. The van der Waals surface area contributed by atoms with Crippen molar-refractivity contribution in [2.24, 2.45) is 11.7 Å². The van der Waals surface area contributed by atoms with Crippen LogP contribution in [0.1, 0.15) is 25.8 Å². The Morgan fingerprint density at radius 1 is 1.38 bits per heavy atom. The largest absolute Gasteiger partial charge is 0.497 e. The van der Waals surface area contributed by atoms with Crippen molar-refractivity contribution < 1.29 is 4.74 Å². The van der Waals surface area contributed by atoms with Gasteiger partial charge < -0.3 is 10.5 Å². The molecule has 0 radical (unpaired) electrons. The molecule has 1 aromatic rings. The lowest BCUT2D eigenvalue weighted by Crippen LogP contribution is -1.99. The molecular weight excluding hydrogens is 218 g/mol. The van der Waals surface area contributed by atoms with E-state index < -0.39 is 0 Å². The fourth-order valence-corrected chi connectivity index (χ4v) is 2.71. The van der Waals surface area contributed by atoms with E-state index in [0.717, 1.165) is 17.4 Å². The van der Waals surface area contributed by atoms with Gasteiger partial charge >= 0.3 is 0 Å². The van der Waals surface area contributed by atoms with Crippen LogP contribution < -0.4 is 10.5 Å². The minimum Gasteiger partial charge on any atom is -0.497 e. The van der Waals surface area contributed by atoms with Gasteiger partial charge in [-0.1, -0.05) is 19.9 Å². The molecule has 0 unspecified atom stereocenters. The highest BCUT2D eigenvalue weighted by atomic mass is 32.2. The summed E-state index contributed by atoms with van der Waals surface area (Å²) in [5.41, 5.74) is 6.92. The van der Waals surface area contributed by atoms with Crippen LogP contribution in [0.5, 0.6) is 5.75 Å². The molecule has 2 N–H and O–H groups in total. The van der Waals surface area contributed by atoms with Crippen molar-refractivity contribution in [2.45, 2.75) is 31.7 Å². The van der Waals surface area contributed by atoms with Crippen LogP contribution in [-0.4, -0.2) is 12.9 Å². The van der Waals surface area contributed by atoms with Crippen molar-refractivity contribution in [3.8, 4) is 5.75 Å². The summed E-state index contributed by atoms with van der Waals surface area (Å²) in [5, 5.41) is 0. The van der Waals surface area contributed by atoms with Gasteiger partial charge in [-0.15, -0.1) is 11.8 Å². The Hall–Kier alpha value is -0.670. The lowest BCUT2D eigenvalue weighted by Gasteiger charge is -2.10. The molecule has 1 aromatic carbocycles. The normalized spacial score (nSPS) is 10.8. The standard InChI is InChI=1S/C13H21NOS/c1-10(2)6-7-16-13-8-12(15-3)5-4-11(13)9-14/h4-5,8,10H,6-7,9,14H2,1-3H3. The highest BCUT2D eigenvalue weighted by Crippen LogP contribution is 2.28. The Balaban J connectivity index is 2.67. The molecule has 0 aliphatic carbocycles. The number of thioether (sulfide) groups is 1. The fourth-order valence-electron chi connectivity index (χ4n) is 1.37. The molecule has 0 aliphatic rings. The Bertz CT molecular complexity index is 326. The molecule has 90 valence electrons. The number of ether oxygens (including phenoxy) is 1. The molecule has 0 bridgehead atoms. The van der Waals surface area contributed by atoms with E-state index in [2.05, 4.69) is 26.0 Å². The summed E-state index contributed by atoms with van der Waals surface area (Å²) in [4.78, 5) is 1.25. The van der Waals surface area contributed by atoms with E-state index in [1.807, 2.05) is 17.8 Å². The Labute approximate surface area is 103 Å². The van der Waals surface area contributed by atoms with Crippen LogP contribution in [-0.2, 0) is 6.54 Å². The van der Waals surface area contributed by atoms with Crippen molar-refractivity contribution in [1.29, 1.82) is 0 Å². The zero-order valence-corrected chi connectivity index (χ0v) is 11.1. The van der Waals surface area contributed by atoms with E-state index in [9.17, 15) is 0 Å². The summed E-state index contributed by atoms with van der Waals surface area (Å²) in [6.45, 7) is 5.08. The Morgan fingerprint density at radius 2 is 2.12 bits per heavy atom. The predicted molar refractivity (Wildman–Crippen MR) is 71.1 cm³/mol. The summed E-state index contributed by atoms with van der Waals surface area (Å²) in [7, 11) is 1.69. The highest BCUT2D eigenvalue weighted by molar-refractivity contribution is 7.99. The lowest BCUT2D eigenvalue weighted by atomic mass is 10.2. The van der Waals surface area contributed by atoms with Crippen LogP contribution in [0.15, 0.2) is 23.1 Å². The van der Waals surface area contributed by atoms with E-state index in [-0.39, 0.29) is 0 Å². The van der Waals surface area contributed by atoms with Crippen LogP contribution in [0.4, 0.5) is 0 Å². The second kappa shape index (κ2) is 6.81. The van der Waals surface area contributed by atoms with E-state index >= 15 is 0 Å². The summed E-state index contributed by atoms with van der Waals surface area (Å²) in [6.07, 6.45) is 1.23. The summed E-state index contributed by atoms with van der Waals surface area (Å²) in [5.74, 6) is 2.79. The zero-order chi connectivity index (χ0) is 12.0. The number of rotatable bonds is 6. The maximum atomic E-state index is 5.72. The molecule has 2 nitrogen and oxygen atoms in total. The second-order valence-corrected chi connectivity index (χ2v) is 5.35. The molecule has 0 fully saturated rings. The molecule has 0 atom stereocenters. The fraction of sp³-hybridized carbons (Fsp3) is 0.538. The third-order valence-electron chi connectivity index (χ3n) is 2.45. The molecule has 3 heteroatoms. The van der Waals surface area contributed by atoms with Gasteiger partial charge in [-0.2, -0.15) is 0 Å². The van der Waals surface area contributed by atoms with Crippen molar-refractivity contribution in [3.63, 3.8) is 0 Å². The number of nitrogens with two attached hydrogens (primary N) is 1. The monoisotopic (exact) mass is 239 g/mol. The van der Waals surface area contributed by atoms with Crippen LogP contribution in [0, 0.1) is 5.92 Å². The van der Waals surface area contributed by atoms with Gasteiger partial charge in [-0.05, 0) is 35.8 Å². The SMILES string of the molecule is COc1ccc(CN)c(SCCC(C)C)c1. The number of methoxy groups -OCH3 is 1. The van der Waals surface area contributed by atoms with Gasteiger partial charge in [-0.25, -0.2) is 0 Å². The van der Waals surface area contributed by atoms with Crippen molar-refractivity contribution >= 4 is 11.8 Å². The van der Waals surface area contributed by atoms with E-state index in [1.165, 1.54) is 16.9 Å². The van der Waals surface area contributed by atoms with Crippen LogP contribution in [0.3, 0.4) is 0 Å². The van der Waals surface area contributed by atoms with Gasteiger partial charge in [-0.3, -0.25) is 0 Å². The van der Waals surface area contributed by atoms with Crippen molar-refractivity contribution in [2.75, 3.05) is 12.9 Å². The van der Waals surface area contributed by atoms with Gasteiger partial charge in [0.25, 0.3) is 0 Å². The number of hydrogen-bond donors (Lipinski definition) is 1. The quantitative estimate of drug-likeness (QED) is 0.774. The van der Waals surface area contributed by atoms with Gasteiger partial charge in [0.2, 0.25) is 0 Å². The summed E-state index contributed by atoms with van der Waals surface area (Å²) >= 11 is 1.87. The molecule has 0 saturated heterocycles. The van der Waals surface area contributed by atoms with Gasteiger partial charge in [0.15, 0.2) is 0 Å². The smallest absolute Gasteiger partial charge is 0.119 e. The average molecular weight is 239 g/mol. The molecule has 16 heavy (non-hydrogen) atoms. The Morgan fingerprint density at radius 3 is 2.69 bits per heavy atom. The number of hydrogen-bond acceptors (Lipinski definition) is 3. The topological polar surface area (TPSA) is 35.2 Å². The molecule has 0 heterocycles. The van der Waals surface area contributed by atoms with E-state index in [1.54, 1.807) is 7.11 Å². The molecule has 0 aromatic heterocycles. The first-order valence-corrected chi connectivity index (χ1v) is 6.65. The maximum Gasteiger partial charge on any atom is 0.119 e. The second-order valence-electron chi connectivity index (χ2n) is 4.21. The van der Waals surface area contributed by atoms with Crippen molar-refractivity contribution in [1.82, 2.24) is 0 Å². The summed E-state index contributed by atoms with van der Waals surface area (Å²) in [6, 6.07) is 6.10. The molecule has 0 saturated carbocycles. The van der Waals surface area contributed by atoms with E-state index in [4.69, 9.17) is 10.5 Å². The third kappa shape index (κ3) is 4.06. The molecule has 0 amide bonds. The van der Waals surface area contributed by atoms with Gasteiger partial charge in [0, 0.05) is 11.4 Å². The van der Waals surface area contributed by atoms with Gasteiger partial charge in [0.05, 0.1) is 7.11 Å². The minimum absolute atomic E-state index is 0.591. The first kappa shape index (κ1) is 13.4.